The molecular weight excluding hydrogens is 541 g/mol. The molecule has 1 aromatic carbocycles. The monoisotopic (exact) mass is 589 g/mol. The summed E-state index contributed by atoms with van der Waals surface area (Å²) in [5.74, 6) is -0.711. The molecule has 10 heteroatoms. The maximum absolute atomic E-state index is 14.4. The molecule has 0 aliphatic carbocycles. The molecule has 0 amide bonds. The maximum atomic E-state index is 14.4. The summed E-state index contributed by atoms with van der Waals surface area (Å²) in [5.41, 5.74) is -0.0661. The molecule has 0 radical (unpaired) electrons. The minimum atomic E-state index is -1.37. The molecule has 0 saturated carbocycles. The van der Waals surface area contributed by atoms with Gasteiger partial charge in [-0.15, -0.1) is 0 Å². The number of carbonyl (C=O) groups is 1. The van der Waals surface area contributed by atoms with Crippen molar-refractivity contribution in [1.29, 1.82) is 0 Å². The van der Waals surface area contributed by atoms with E-state index in [1.165, 1.54) is 22.9 Å². The average molecular weight is 590 g/mol. The van der Waals surface area contributed by atoms with Gasteiger partial charge in [0.2, 0.25) is 11.3 Å². The van der Waals surface area contributed by atoms with Crippen LogP contribution in [0.25, 0.3) is 11.0 Å². The van der Waals surface area contributed by atoms with Gasteiger partial charge >= 0.3 is 5.97 Å². The molecule has 2 N–H and O–H groups in total. The number of fused-ring (bicyclic) bond motifs is 1. The van der Waals surface area contributed by atoms with Crippen LogP contribution in [0.5, 0.6) is 5.88 Å². The number of benzene rings is 1. The zero-order chi connectivity index (χ0) is 31.7. The van der Waals surface area contributed by atoms with E-state index in [-0.39, 0.29) is 36.5 Å². The molecule has 1 aliphatic rings. The Hall–Kier alpha value is -3.34. The molecule has 0 atom stereocenters. The molecule has 42 heavy (non-hydrogen) atoms. The first-order valence-corrected chi connectivity index (χ1v) is 14.8. The van der Waals surface area contributed by atoms with Crippen molar-refractivity contribution in [3.05, 3.63) is 69.3 Å². The van der Waals surface area contributed by atoms with Gasteiger partial charge in [-0.1, -0.05) is 66.7 Å². The molecule has 0 spiro atoms. The highest BCUT2D eigenvalue weighted by Crippen LogP contribution is 2.25. The van der Waals surface area contributed by atoms with Crippen molar-refractivity contribution < 1.29 is 28.9 Å². The van der Waals surface area contributed by atoms with E-state index in [1.54, 1.807) is 18.2 Å². The highest BCUT2D eigenvalue weighted by atomic mass is 19.1. The van der Waals surface area contributed by atoms with Crippen molar-refractivity contribution in [3.63, 3.8) is 0 Å². The van der Waals surface area contributed by atoms with Crippen LogP contribution >= 0.6 is 0 Å². The van der Waals surface area contributed by atoms with Gasteiger partial charge in [-0.25, -0.2) is 9.18 Å². The lowest BCUT2D eigenvalue weighted by Crippen LogP contribution is -2.38. The number of aromatic carboxylic acids is 1. The van der Waals surface area contributed by atoms with Crippen molar-refractivity contribution >= 4 is 17.0 Å². The normalized spacial score (nSPS) is 12.8. The first-order chi connectivity index (χ1) is 20.2. The second kappa shape index (κ2) is 19.7. The molecule has 4 rings (SSSR count). The van der Waals surface area contributed by atoms with Crippen LogP contribution in [0.2, 0.25) is 0 Å². The molecule has 2 aromatic heterocycles. The van der Waals surface area contributed by atoms with Crippen LogP contribution in [0.15, 0.2) is 41.3 Å². The molecule has 3 heterocycles. The van der Waals surface area contributed by atoms with Crippen LogP contribution in [-0.2, 0) is 17.7 Å². The number of carboxylic acid groups (broad SMARTS) is 1. The molecule has 1 saturated heterocycles. The van der Waals surface area contributed by atoms with Crippen LogP contribution in [0.4, 0.5) is 4.39 Å². The summed E-state index contributed by atoms with van der Waals surface area (Å²) in [4.78, 5) is 31.2. The Kier molecular flexibility index (Phi) is 17.2. The number of hydrogen-bond donors (Lipinski definition) is 2. The Balaban J connectivity index is 0.000000998. The third kappa shape index (κ3) is 11.2. The lowest BCUT2D eigenvalue weighted by atomic mass is 10.0. The Bertz CT molecular complexity index is 1290. The highest BCUT2D eigenvalue weighted by Gasteiger charge is 2.20. The van der Waals surface area contributed by atoms with Crippen LogP contribution < -0.4 is 10.2 Å². The standard InChI is InChI=1S/C24H26FN3O6.C4H10.2C2H6/c25-20-4-2-1-3-16(20)13-17-14-18-21(30)19(24(31)32)15-28(5-9-29)22(18)26-23(17)34-12-8-27-6-10-33-11-7-27;1-4(2)3;2*1-2/h1-4,14-15,29H,5-13H2,(H,31,32);4H,1-3H3;2*1-2H3. The fourth-order valence-electron chi connectivity index (χ4n) is 3.96. The summed E-state index contributed by atoms with van der Waals surface area (Å²) in [5, 5.41) is 19.0. The van der Waals surface area contributed by atoms with Gasteiger partial charge in [-0.05, 0) is 23.6 Å². The van der Waals surface area contributed by atoms with Gasteiger partial charge in [0, 0.05) is 44.4 Å². The number of morpholine rings is 1. The number of halogens is 1. The van der Waals surface area contributed by atoms with E-state index in [4.69, 9.17) is 9.47 Å². The number of rotatable bonds is 9. The number of nitrogens with zero attached hydrogens (tertiary/aromatic N) is 3. The van der Waals surface area contributed by atoms with Crippen molar-refractivity contribution in [1.82, 2.24) is 14.5 Å². The molecular formula is C32H48FN3O6. The third-order valence-electron chi connectivity index (χ3n) is 5.75. The van der Waals surface area contributed by atoms with Gasteiger partial charge in [0.05, 0.1) is 25.2 Å². The second-order valence-corrected chi connectivity index (χ2v) is 9.72. The third-order valence-corrected chi connectivity index (χ3v) is 5.75. The van der Waals surface area contributed by atoms with Crippen molar-refractivity contribution in [2.24, 2.45) is 5.92 Å². The van der Waals surface area contributed by atoms with E-state index >= 15 is 0 Å². The Morgan fingerprint density at radius 2 is 1.69 bits per heavy atom. The maximum Gasteiger partial charge on any atom is 0.341 e. The minimum Gasteiger partial charge on any atom is -0.477 e. The van der Waals surface area contributed by atoms with E-state index < -0.39 is 22.8 Å². The number of hydrogen-bond acceptors (Lipinski definition) is 7. The molecule has 234 valence electrons. The van der Waals surface area contributed by atoms with Gasteiger partial charge in [0.1, 0.15) is 23.6 Å². The molecule has 1 aliphatic heterocycles. The highest BCUT2D eigenvalue weighted by molar-refractivity contribution is 5.92. The summed E-state index contributed by atoms with van der Waals surface area (Å²) in [7, 11) is 0. The zero-order valence-corrected chi connectivity index (χ0v) is 26.2. The molecule has 9 nitrogen and oxygen atoms in total. The Morgan fingerprint density at radius 3 is 2.26 bits per heavy atom. The number of pyridine rings is 2. The Labute approximate surface area is 248 Å². The largest absolute Gasteiger partial charge is 0.477 e. The van der Waals surface area contributed by atoms with Crippen LogP contribution in [0, 0.1) is 11.7 Å². The van der Waals surface area contributed by atoms with Crippen LogP contribution in [-0.4, -0.2) is 76.7 Å². The Morgan fingerprint density at radius 1 is 1.07 bits per heavy atom. The van der Waals surface area contributed by atoms with E-state index in [0.29, 0.717) is 37.5 Å². The van der Waals surface area contributed by atoms with E-state index in [2.05, 4.69) is 30.7 Å². The van der Waals surface area contributed by atoms with Gasteiger partial charge < -0.3 is 24.3 Å². The molecule has 3 aromatic rings. The SMILES string of the molecule is CC.CC.CC(C)C.O=C(O)c1cn(CCO)c2nc(OCCN3CCOCC3)c(Cc3ccccc3F)cc2c1=O. The van der Waals surface area contributed by atoms with Crippen LogP contribution in [0.3, 0.4) is 0 Å². The van der Waals surface area contributed by atoms with Crippen molar-refractivity contribution in [2.75, 3.05) is 46.1 Å². The fourth-order valence-corrected chi connectivity index (χ4v) is 3.96. The predicted molar refractivity (Wildman–Crippen MR) is 165 cm³/mol. The van der Waals surface area contributed by atoms with E-state index in [0.717, 1.165) is 19.0 Å². The smallest absolute Gasteiger partial charge is 0.341 e. The summed E-state index contributed by atoms with van der Waals surface area (Å²) in [6.45, 7) is 18.1. The van der Waals surface area contributed by atoms with Crippen LogP contribution in [0.1, 0.15) is 70.0 Å². The first-order valence-electron chi connectivity index (χ1n) is 14.8. The summed E-state index contributed by atoms with van der Waals surface area (Å²) < 4.78 is 27.2. The van der Waals surface area contributed by atoms with Gasteiger partial charge in [0.25, 0.3) is 0 Å². The summed E-state index contributed by atoms with van der Waals surface area (Å²) in [6, 6.07) is 7.79. The number of ether oxygens (including phenoxy) is 2. The summed E-state index contributed by atoms with van der Waals surface area (Å²) >= 11 is 0. The summed E-state index contributed by atoms with van der Waals surface area (Å²) in [6.07, 6.45) is 1.28. The average Bonchev–Trinajstić information content (AvgIpc) is 2.98. The van der Waals surface area contributed by atoms with E-state index in [9.17, 15) is 24.2 Å². The predicted octanol–water partition coefficient (Wildman–Crippen LogP) is 5.24. The quantitative estimate of drug-likeness (QED) is 0.348. The van der Waals surface area contributed by atoms with Gasteiger partial charge in [-0.2, -0.15) is 4.98 Å². The van der Waals surface area contributed by atoms with Crippen molar-refractivity contribution in [3.8, 4) is 5.88 Å². The number of aliphatic hydroxyl groups excluding tert-OH is 1. The second-order valence-electron chi connectivity index (χ2n) is 9.72. The van der Waals surface area contributed by atoms with E-state index in [1.807, 2.05) is 27.7 Å². The molecule has 0 unspecified atom stereocenters. The van der Waals surface area contributed by atoms with Gasteiger partial charge in [-0.3, -0.25) is 9.69 Å². The molecule has 1 fully saturated rings. The number of aromatic nitrogens is 2. The molecule has 0 bridgehead atoms. The number of carboxylic acids is 1. The first kappa shape index (κ1) is 36.7. The van der Waals surface area contributed by atoms with Gasteiger partial charge in [0.15, 0.2) is 0 Å². The lowest BCUT2D eigenvalue weighted by molar-refractivity contribution is 0.0319. The topological polar surface area (TPSA) is 114 Å². The zero-order valence-electron chi connectivity index (χ0n) is 26.2. The lowest BCUT2D eigenvalue weighted by Gasteiger charge is -2.26. The fraction of sp³-hybridized carbons (Fsp3) is 0.531. The minimum absolute atomic E-state index is 0.0456. The number of aliphatic hydroxyl groups is 1. The van der Waals surface area contributed by atoms with Crippen molar-refractivity contribution in [2.45, 2.75) is 61.4 Å².